The van der Waals surface area contributed by atoms with Gasteiger partial charge >= 0.3 is 5.97 Å². The monoisotopic (exact) mass is 730 g/mol. The molecule has 14 heteroatoms. The number of likely N-dealkylation sites (N-methyl/N-ethyl adjacent to an activating group) is 1. The SMILES string of the molecule is CC[C@H]1OC(=O)[C@H](C)[C@@H](O[C@H]2C[C@@](C)(OC)[C@@H](O)[C@H](C)O2)[C@H](C)[C@@H](O[C@@H]2O[C@H](C)C[C@H](N(C)C)[C@H]2O)C2(C)C[C@@H](C)N=C(O2)[C@H](C)[C@@H](O)C1(C)O. The predicted molar refractivity (Wildman–Crippen MR) is 188 cm³/mol. The lowest BCUT2D eigenvalue weighted by atomic mass is 9.78. The normalized spacial score (nSPS) is 50.3. The van der Waals surface area contributed by atoms with Crippen LogP contribution in [0.3, 0.4) is 0 Å². The summed E-state index contributed by atoms with van der Waals surface area (Å²) in [6.45, 7) is 17.8. The molecule has 0 aromatic rings. The third-order valence-corrected chi connectivity index (χ3v) is 11.9. The highest BCUT2D eigenvalue weighted by molar-refractivity contribution is 5.80. The van der Waals surface area contributed by atoms with Crippen molar-refractivity contribution < 1.29 is 58.4 Å². The summed E-state index contributed by atoms with van der Waals surface area (Å²) in [5, 5.41) is 45.9. The molecule has 4 rings (SSSR count). The quantitative estimate of drug-likeness (QED) is 0.281. The maximum Gasteiger partial charge on any atom is 0.311 e. The van der Waals surface area contributed by atoms with Crippen molar-refractivity contribution in [2.75, 3.05) is 21.2 Å². The molecule has 296 valence electrons. The van der Waals surface area contributed by atoms with Gasteiger partial charge in [0.1, 0.15) is 35.6 Å². The van der Waals surface area contributed by atoms with E-state index in [1.54, 1.807) is 34.6 Å². The Bertz CT molecular complexity index is 1220. The number of rotatable bonds is 7. The Kier molecular flexibility index (Phi) is 13.4. The van der Waals surface area contributed by atoms with Gasteiger partial charge in [-0.05, 0) is 75.4 Å². The van der Waals surface area contributed by atoms with Gasteiger partial charge in [-0.3, -0.25) is 9.79 Å². The van der Waals surface area contributed by atoms with Crippen LogP contribution in [0.5, 0.6) is 0 Å². The minimum absolute atomic E-state index is 0.162. The molecule has 0 aromatic carbocycles. The lowest BCUT2D eigenvalue weighted by molar-refractivity contribution is -0.317. The molecule has 0 aromatic heterocycles. The van der Waals surface area contributed by atoms with E-state index in [2.05, 4.69) is 0 Å². The molecule has 3 saturated heterocycles. The van der Waals surface area contributed by atoms with Gasteiger partial charge in [-0.15, -0.1) is 0 Å². The second-order valence-electron chi connectivity index (χ2n) is 16.5. The minimum Gasteiger partial charge on any atom is -0.472 e. The number of fused-ring (bicyclic) bond motifs is 2. The van der Waals surface area contributed by atoms with E-state index in [4.69, 9.17) is 38.2 Å². The number of methoxy groups -OCH3 is 1. The molecule has 4 aliphatic heterocycles. The molecule has 2 bridgehead atoms. The molecule has 51 heavy (non-hydrogen) atoms. The largest absolute Gasteiger partial charge is 0.472 e. The Hall–Kier alpha value is -1.46. The zero-order valence-electron chi connectivity index (χ0n) is 32.9. The Balaban J connectivity index is 1.87. The van der Waals surface area contributed by atoms with Crippen molar-refractivity contribution in [3.8, 4) is 0 Å². The standard InChI is InChI=1S/C37H66N2O12/c1-14-25-37(10,44)29(41)22(6)32-38-18(2)16-36(9,51-32)31(50-34-27(40)24(39(11)12)15-19(3)46-34)20(4)28(21(5)33(43)48-25)49-26-17-35(8,45-13)30(42)23(7)47-26/h18-31,34,40-42,44H,14-17H2,1-13H3/t18-,19-,20+,21-,22-,23+,24+,25-,26+,27-,28+,29-,30+,31-,34+,35-,36?,37?/m1/s1. The van der Waals surface area contributed by atoms with Crippen molar-refractivity contribution in [3.63, 3.8) is 0 Å². The number of ether oxygens (including phenoxy) is 7. The summed E-state index contributed by atoms with van der Waals surface area (Å²) in [7, 11) is 5.33. The number of esters is 1. The van der Waals surface area contributed by atoms with Crippen LogP contribution in [0.15, 0.2) is 4.99 Å². The van der Waals surface area contributed by atoms with Crippen molar-refractivity contribution in [2.24, 2.45) is 22.7 Å². The second kappa shape index (κ2) is 16.1. The van der Waals surface area contributed by atoms with Crippen LogP contribution in [-0.2, 0) is 38.0 Å². The van der Waals surface area contributed by atoms with Crippen LogP contribution in [-0.4, -0.2) is 149 Å². The van der Waals surface area contributed by atoms with E-state index in [-0.39, 0.29) is 36.9 Å². The first-order valence-corrected chi connectivity index (χ1v) is 18.7. The Morgan fingerprint density at radius 2 is 1.59 bits per heavy atom. The fourth-order valence-electron chi connectivity index (χ4n) is 8.63. The van der Waals surface area contributed by atoms with Crippen molar-refractivity contribution >= 4 is 11.9 Å². The van der Waals surface area contributed by atoms with Gasteiger partial charge in [0.05, 0.1) is 47.9 Å². The number of nitrogens with zero attached hydrogens (tertiary/aromatic N) is 2. The average Bonchev–Trinajstić information content (AvgIpc) is 3.06. The molecule has 18 atom stereocenters. The van der Waals surface area contributed by atoms with Gasteiger partial charge < -0.3 is 58.5 Å². The summed E-state index contributed by atoms with van der Waals surface area (Å²) in [6, 6.07) is -0.532. The molecule has 0 radical (unpaired) electrons. The second-order valence-corrected chi connectivity index (χ2v) is 16.5. The molecule has 4 heterocycles. The van der Waals surface area contributed by atoms with Gasteiger partial charge in [-0.2, -0.15) is 0 Å². The van der Waals surface area contributed by atoms with Crippen LogP contribution in [0.2, 0.25) is 0 Å². The average molecular weight is 731 g/mol. The summed E-state index contributed by atoms with van der Waals surface area (Å²) >= 11 is 0. The third kappa shape index (κ3) is 8.60. The number of hydrogen-bond donors (Lipinski definition) is 4. The molecule has 4 N–H and O–H groups in total. The summed E-state index contributed by atoms with van der Waals surface area (Å²) < 4.78 is 44.7. The van der Waals surface area contributed by atoms with E-state index in [9.17, 15) is 25.2 Å². The maximum atomic E-state index is 14.2. The number of cyclic esters (lactones) is 1. The highest BCUT2D eigenvalue weighted by Gasteiger charge is 2.55. The highest BCUT2D eigenvalue weighted by atomic mass is 16.7. The van der Waals surface area contributed by atoms with E-state index < -0.39 is 95.8 Å². The first-order chi connectivity index (χ1) is 23.6. The van der Waals surface area contributed by atoms with Gasteiger partial charge in [0.25, 0.3) is 0 Å². The van der Waals surface area contributed by atoms with Crippen LogP contribution in [0.4, 0.5) is 0 Å². The van der Waals surface area contributed by atoms with Gasteiger partial charge in [0.2, 0.25) is 0 Å². The Morgan fingerprint density at radius 3 is 2.18 bits per heavy atom. The molecule has 4 aliphatic rings. The maximum absolute atomic E-state index is 14.2. The van der Waals surface area contributed by atoms with Gasteiger partial charge in [0.15, 0.2) is 18.5 Å². The Labute approximate surface area is 304 Å². The molecule has 0 saturated carbocycles. The first-order valence-electron chi connectivity index (χ1n) is 18.7. The summed E-state index contributed by atoms with van der Waals surface area (Å²) in [6.07, 6.45) is -7.72. The van der Waals surface area contributed by atoms with Gasteiger partial charge in [-0.1, -0.05) is 20.8 Å². The molecule has 14 nitrogen and oxygen atoms in total. The first kappa shape index (κ1) is 42.3. The van der Waals surface area contributed by atoms with E-state index in [0.29, 0.717) is 12.8 Å². The van der Waals surface area contributed by atoms with Crippen LogP contribution in [0.1, 0.15) is 94.9 Å². The topological polar surface area (TPSA) is 178 Å². The summed E-state index contributed by atoms with van der Waals surface area (Å²) in [4.78, 5) is 20.9. The number of carbonyl (C=O) groups is 1. The molecule has 0 amide bonds. The van der Waals surface area contributed by atoms with Crippen molar-refractivity contribution in [1.82, 2.24) is 4.90 Å². The van der Waals surface area contributed by atoms with Crippen molar-refractivity contribution in [2.45, 2.75) is 185 Å². The lowest BCUT2D eigenvalue weighted by Crippen LogP contribution is -2.62. The van der Waals surface area contributed by atoms with Crippen LogP contribution in [0, 0.1) is 17.8 Å². The van der Waals surface area contributed by atoms with Crippen LogP contribution >= 0.6 is 0 Å². The van der Waals surface area contributed by atoms with Crippen molar-refractivity contribution in [3.05, 3.63) is 0 Å². The molecular weight excluding hydrogens is 664 g/mol. The molecule has 3 fully saturated rings. The third-order valence-electron chi connectivity index (χ3n) is 11.9. The van der Waals surface area contributed by atoms with Crippen LogP contribution in [0.25, 0.3) is 0 Å². The smallest absolute Gasteiger partial charge is 0.311 e. The highest BCUT2D eigenvalue weighted by Crippen LogP contribution is 2.43. The number of hydrogen-bond acceptors (Lipinski definition) is 14. The molecule has 0 spiro atoms. The molecule has 0 aliphatic carbocycles. The fraction of sp³-hybridized carbons (Fsp3) is 0.946. The summed E-state index contributed by atoms with van der Waals surface area (Å²) in [5.74, 6) is -2.80. The van der Waals surface area contributed by atoms with E-state index in [0.717, 1.165) is 0 Å². The number of aliphatic hydroxyl groups excluding tert-OH is 3. The molecule has 2 unspecified atom stereocenters. The number of aliphatic imine (C=N–C) groups is 1. The summed E-state index contributed by atoms with van der Waals surface area (Å²) in [5.41, 5.74) is -4.01. The van der Waals surface area contributed by atoms with Gasteiger partial charge in [-0.25, -0.2) is 0 Å². The predicted octanol–water partition coefficient (Wildman–Crippen LogP) is 2.41. The van der Waals surface area contributed by atoms with Crippen LogP contribution < -0.4 is 0 Å². The number of aliphatic hydroxyl groups is 4. The molecular formula is C37H66N2O12. The zero-order chi connectivity index (χ0) is 38.4. The van der Waals surface area contributed by atoms with E-state index in [1.807, 2.05) is 46.7 Å². The van der Waals surface area contributed by atoms with Gasteiger partial charge in [0, 0.05) is 31.9 Å². The minimum atomic E-state index is -1.87. The van der Waals surface area contributed by atoms with E-state index >= 15 is 0 Å². The zero-order valence-corrected chi connectivity index (χ0v) is 32.9. The lowest BCUT2D eigenvalue weighted by Gasteiger charge is -2.50. The van der Waals surface area contributed by atoms with Crippen molar-refractivity contribution in [1.29, 1.82) is 0 Å². The number of carbonyl (C=O) groups excluding carboxylic acids is 1. The van der Waals surface area contributed by atoms with E-state index in [1.165, 1.54) is 14.0 Å². The fourth-order valence-corrected chi connectivity index (χ4v) is 8.63. The Morgan fingerprint density at radius 1 is 0.941 bits per heavy atom.